The fourth-order valence-electron chi connectivity index (χ4n) is 3.54. The standard InChI is InChI=1S/C19H21ClN4O2S/c1-14-7-8-15(20)13-18(14)27(25,26)24-11-9-23(10-12-24)19-21-16-5-3-4-6-17(16)22(19)2/h3-8,13H,9-12H2,1-2H3. The van der Waals surface area contributed by atoms with Gasteiger partial charge in [-0.05, 0) is 36.8 Å². The summed E-state index contributed by atoms with van der Waals surface area (Å²) >= 11 is 6.02. The van der Waals surface area contributed by atoms with Gasteiger partial charge in [0.15, 0.2) is 0 Å². The van der Waals surface area contributed by atoms with E-state index in [1.165, 1.54) is 10.4 Å². The van der Waals surface area contributed by atoms with E-state index < -0.39 is 10.0 Å². The van der Waals surface area contributed by atoms with Crippen molar-refractivity contribution in [2.45, 2.75) is 11.8 Å². The molecule has 6 nitrogen and oxygen atoms in total. The van der Waals surface area contributed by atoms with E-state index in [0.717, 1.165) is 17.0 Å². The van der Waals surface area contributed by atoms with E-state index >= 15 is 0 Å². The molecule has 0 aliphatic carbocycles. The number of fused-ring (bicyclic) bond motifs is 1. The summed E-state index contributed by atoms with van der Waals surface area (Å²) in [5, 5.41) is 0.428. The number of hydrogen-bond acceptors (Lipinski definition) is 4. The molecule has 2 aromatic carbocycles. The highest BCUT2D eigenvalue weighted by Crippen LogP contribution is 2.26. The van der Waals surface area contributed by atoms with Gasteiger partial charge in [0, 0.05) is 38.2 Å². The van der Waals surface area contributed by atoms with Gasteiger partial charge in [-0.3, -0.25) is 0 Å². The molecule has 1 aliphatic rings. The van der Waals surface area contributed by atoms with Crippen LogP contribution in [0.15, 0.2) is 47.4 Å². The third kappa shape index (κ3) is 3.20. The first-order valence-corrected chi connectivity index (χ1v) is 10.6. The Labute approximate surface area is 164 Å². The van der Waals surface area contributed by atoms with E-state index in [4.69, 9.17) is 16.6 Å². The highest BCUT2D eigenvalue weighted by molar-refractivity contribution is 7.89. The number of halogens is 1. The Morgan fingerprint density at radius 2 is 1.74 bits per heavy atom. The maximum absolute atomic E-state index is 13.0. The maximum Gasteiger partial charge on any atom is 0.243 e. The first-order chi connectivity index (χ1) is 12.9. The number of sulfonamides is 1. The lowest BCUT2D eigenvalue weighted by Crippen LogP contribution is -2.49. The SMILES string of the molecule is Cc1ccc(Cl)cc1S(=O)(=O)N1CCN(c2nc3ccccc3n2C)CC1. The zero-order valence-corrected chi connectivity index (χ0v) is 16.8. The molecule has 0 amide bonds. The molecule has 0 saturated carbocycles. The van der Waals surface area contributed by atoms with Gasteiger partial charge in [-0.1, -0.05) is 29.8 Å². The van der Waals surface area contributed by atoms with Gasteiger partial charge in [0.2, 0.25) is 16.0 Å². The number of nitrogens with zero attached hydrogens (tertiary/aromatic N) is 4. The maximum atomic E-state index is 13.0. The number of anilines is 1. The average molecular weight is 405 g/mol. The smallest absolute Gasteiger partial charge is 0.243 e. The number of hydrogen-bond donors (Lipinski definition) is 0. The summed E-state index contributed by atoms with van der Waals surface area (Å²) in [7, 11) is -1.57. The van der Waals surface area contributed by atoms with Gasteiger partial charge in [-0.15, -0.1) is 0 Å². The monoisotopic (exact) mass is 404 g/mol. The van der Waals surface area contributed by atoms with Crippen LogP contribution in [-0.2, 0) is 17.1 Å². The molecule has 27 heavy (non-hydrogen) atoms. The van der Waals surface area contributed by atoms with Crippen molar-refractivity contribution in [3.8, 4) is 0 Å². The molecule has 0 bridgehead atoms. The number of benzene rings is 2. The lowest BCUT2D eigenvalue weighted by Gasteiger charge is -2.34. The molecular formula is C19H21ClN4O2S. The van der Waals surface area contributed by atoms with Crippen molar-refractivity contribution in [1.82, 2.24) is 13.9 Å². The molecule has 1 aromatic heterocycles. The van der Waals surface area contributed by atoms with Crippen LogP contribution in [0.5, 0.6) is 0 Å². The van der Waals surface area contributed by atoms with Crippen LogP contribution in [0.25, 0.3) is 11.0 Å². The number of imidazole rings is 1. The van der Waals surface area contributed by atoms with Crippen LogP contribution in [0, 0.1) is 6.92 Å². The molecule has 142 valence electrons. The Bertz CT molecular complexity index is 1100. The van der Waals surface area contributed by atoms with Crippen LogP contribution in [0.2, 0.25) is 5.02 Å². The minimum absolute atomic E-state index is 0.284. The summed E-state index contributed by atoms with van der Waals surface area (Å²) in [6.45, 7) is 3.81. The van der Waals surface area contributed by atoms with Crippen LogP contribution in [0.1, 0.15) is 5.56 Å². The molecule has 0 atom stereocenters. The Hall–Kier alpha value is -2.09. The third-order valence-corrected chi connectivity index (χ3v) is 7.33. The Kier molecular flexibility index (Phi) is 4.61. The molecule has 0 unspecified atom stereocenters. The minimum atomic E-state index is -3.56. The van der Waals surface area contributed by atoms with Gasteiger partial charge >= 0.3 is 0 Å². The van der Waals surface area contributed by atoms with Crippen molar-refractivity contribution in [3.63, 3.8) is 0 Å². The normalized spacial score (nSPS) is 16.2. The largest absolute Gasteiger partial charge is 0.340 e. The topological polar surface area (TPSA) is 58.4 Å². The van der Waals surface area contributed by atoms with Gasteiger partial charge in [0.1, 0.15) is 0 Å². The van der Waals surface area contributed by atoms with E-state index in [2.05, 4.69) is 9.47 Å². The lowest BCUT2D eigenvalue weighted by atomic mass is 10.2. The van der Waals surface area contributed by atoms with Crippen molar-refractivity contribution >= 4 is 38.6 Å². The molecule has 1 fully saturated rings. The summed E-state index contributed by atoms with van der Waals surface area (Å²) in [4.78, 5) is 7.13. The van der Waals surface area contributed by atoms with Gasteiger partial charge in [-0.25, -0.2) is 13.4 Å². The van der Waals surface area contributed by atoms with Gasteiger partial charge < -0.3 is 9.47 Å². The Morgan fingerprint density at radius 3 is 2.44 bits per heavy atom. The van der Waals surface area contributed by atoms with Crippen molar-refractivity contribution < 1.29 is 8.42 Å². The molecule has 2 heterocycles. The molecular weight excluding hydrogens is 384 g/mol. The second kappa shape index (κ2) is 6.82. The molecule has 0 radical (unpaired) electrons. The van der Waals surface area contributed by atoms with Crippen LogP contribution in [0.3, 0.4) is 0 Å². The number of piperazine rings is 1. The summed E-state index contributed by atoms with van der Waals surface area (Å²) in [5.41, 5.74) is 2.72. The molecule has 8 heteroatoms. The van der Waals surface area contributed by atoms with Crippen LogP contribution in [-0.4, -0.2) is 48.5 Å². The molecule has 3 aromatic rings. The number of para-hydroxylation sites is 2. The second-order valence-electron chi connectivity index (χ2n) is 6.76. The molecule has 4 rings (SSSR count). The van der Waals surface area contributed by atoms with Crippen LogP contribution in [0.4, 0.5) is 5.95 Å². The number of rotatable bonds is 3. The predicted octanol–water partition coefficient (Wildman–Crippen LogP) is 3.05. The summed E-state index contributed by atoms with van der Waals surface area (Å²) < 4.78 is 29.7. The van der Waals surface area contributed by atoms with E-state index in [1.54, 1.807) is 19.1 Å². The zero-order chi connectivity index (χ0) is 19.2. The van der Waals surface area contributed by atoms with Crippen molar-refractivity contribution in [2.75, 3.05) is 31.1 Å². The van der Waals surface area contributed by atoms with Crippen molar-refractivity contribution in [2.24, 2.45) is 7.05 Å². The Morgan fingerprint density at radius 1 is 1.04 bits per heavy atom. The van der Waals surface area contributed by atoms with Gasteiger partial charge in [-0.2, -0.15) is 4.31 Å². The molecule has 0 spiro atoms. The van der Waals surface area contributed by atoms with E-state index in [1.807, 2.05) is 31.3 Å². The minimum Gasteiger partial charge on any atom is -0.340 e. The highest BCUT2D eigenvalue weighted by atomic mass is 35.5. The fourth-order valence-corrected chi connectivity index (χ4v) is 5.44. The molecule has 1 aliphatic heterocycles. The third-order valence-electron chi connectivity index (χ3n) is 5.05. The quantitative estimate of drug-likeness (QED) is 0.673. The first kappa shape index (κ1) is 18.3. The second-order valence-corrected chi connectivity index (χ2v) is 9.10. The van der Waals surface area contributed by atoms with E-state index in [-0.39, 0.29) is 4.90 Å². The van der Waals surface area contributed by atoms with Gasteiger partial charge in [0.25, 0.3) is 0 Å². The van der Waals surface area contributed by atoms with E-state index in [0.29, 0.717) is 36.8 Å². The fraction of sp³-hybridized carbons (Fsp3) is 0.316. The Balaban J connectivity index is 1.56. The van der Waals surface area contributed by atoms with Gasteiger partial charge in [0.05, 0.1) is 15.9 Å². The van der Waals surface area contributed by atoms with Crippen LogP contribution < -0.4 is 4.90 Å². The lowest BCUT2D eigenvalue weighted by molar-refractivity contribution is 0.381. The first-order valence-electron chi connectivity index (χ1n) is 8.80. The number of aryl methyl sites for hydroxylation is 2. The van der Waals surface area contributed by atoms with Crippen LogP contribution >= 0.6 is 11.6 Å². The van der Waals surface area contributed by atoms with Crippen molar-refractivity contribution in [1.29, 1.82) is 0 Å². The summed E-state index contributed by atoms with van der Waals surface area (Å²) in [6, 6.07) is 13.0. The predicted molar refractivity (Wildman–Crippen MR) is 108 cm³/mol. The summed E-state index contributed by atoms with van der Waals surface area (Å²) in [6.07, 6.45) is 0. The van der Waals surface area contributed by atoms with E-state index in [9.17, 15) is 8.42 Å². The molecule has 1 saturated heterocycles. The molecule has 0 N–H and O–H groups in total. The average Bonchev–Trinajstić information content (AvgIpc) is 3.01. The van der Waals surface area contributed by atoms with Crippen molar-refractivity contribution in [3.05, 3.63) is 53.1 Å². The highest BCUT2D eigenvalue weighted by Gasteiger charge is 2.31. The summed E-state index contributed by atoms with van der Waals surface area (Å²) in [5.74, 6) is 0.868. The zero-order valence-electron chi connectivity index (χ0n) is 15.3. The number of aromatic nitrogens is 2.